The van der Waals surface area contributed by atoms with Gasteiger partial charge in [0.25, 0.3) is 0 Å². The number of hydrogen-bond acceptors (Lipinski definition) is 4. The first-order valence-electron chi connectivity index (χ1n) is 6.51. The number of rotatable bonds is 0. The lowest BCUT2D eigenvalue weighted by molar-refractivity contribution is -0.137. The Morgan fingerprint density at radius 3 is 2.74 bits per heavy atom. The molecule has 1 saturated heterocycles. The van der Waals surface area contributed by atoms with Crippen LogP contribution in [0.15, 0.2) is 35.5 Å². The van der Waals surface area contributed by atoms with E-state index >= 15 is 0 Å². The fourth-order valence-corrected chi connectivity index (χ4v) is 2.62. The van der Waals surface area contributed by atoms with E-state index in [2.05, 4.69) is 6.58 Å². The van der Waals surface area contributed by atoms with Crippen LogP contribution in [0.1, 0.15) is 26.7 Å². The van der Waals surface area contributed by atoms with Crippen LogP contribution in [0.25, 0.3) is 0 Å². The van der Waals surface area contributed by atoms with Gasteiger partial charge in [0, 0.05) is 5.57 Å². The Morgan fingerprint density at radius 1 is 1.37 bits per heavy atom. The van der Waals surface area contributed by atoms with Crippen molar-refractivity contribution in [3.63, 3.8) is 0 Å². The third-order valence-corrected chi connectivity index (χ3v) is 3.87. The van der Waals surface area contributed by atoms with Crippen molar-refractivity contribution in [1.29, 1.82) is 0 Å². The summed E-state index contributed by atoms with van der Waals surface area (Å²) in [5.74, 6) is -1.08. The number of fused-ring (bicyclic) bond motifs is 1. The van der Waals surface area contributed by atoms with Gasteiger partial charge in [-0.15, -0.1) is 0 Å². The van der Waals surface area contributed by atoms with Gasteiger partial charge < -0.3 is 14.9 Å². The predicted molar refractivity (Wildman–Crippen MR) is 71.3 cm³/mol. The average Bonchev–Trinajstić information content (AvgIpc) is 2.62. The van der Waals surface area contributed by atoms with E-state index < -0.39 is 30.2 Å². The van der Waals surface area contributed by atoms with Crippen LogP contribution in [0.5, 0.6) is 0 Å². The second-order valence-corrected chi connectivity index (χ2v) is 5.36. The topological polar surface area (TPSA) is 66.8 Å². The van der Waals surface area contributed by atoms with E-state index in [-0.39, 0.29) is 5.57 Å². The average molecular weight is 264 g/mol. The van der Waals surface area contributed by atoms with Gasteiger partial charge in [-0.3, -0.25) is 0 Å². The zero-order valence-corrected chi connectivity index (χ0v) is 11.3. The first kappa shape index (κ1) is 14.0. The first-order chi connectivity index (χ1) is 8.91. The minimum absolute atomic E-state index is 0.231. The van der Waals surface area contributed by atoms with Gasteiger partial charge in [-0.25, -0.2) is 4.79 Å². The number of carbonyl (C=O) groups excluding carboxylic acids is 1. The third kappa shape index (κ3) is 2.65. The summed E-state index contributed by atoms with van der Waals surface area (Å²) in [6.07, 6.45) is 2.80. The molecule has 1 heterocycles. The van der Waals surface area contributed by atoms with Gasteiger partial charge in [-0.2, -0.15) is 0 Å². The molecule has 0 bridgehead atoms. The number of hydrogen-bond donors (Lipinski definition) is 2. The molecule has 0 aromatic rings. The fourth-order valence-electron chi connectivity index (χ4n) is 2.62. The number of esters is 1. The Labute approximate surface area is 113 Å². The van der Waals surface area contributed by atoms with Crippen LogP contribution < -0.4 is 0 Å². The molecule has 4 nitrogen and oxygen atoms in total. The molecular weight excluding hydrogens is 244 g/mol. The van der Waals surface area contributed by atoms with Gasteiger partial charge in [-0.05, 0) is 38.3 Å². The second kappa shape index (κ2) is 5.31. The zero-order valence-electron chi connectivity index (χ0n) is 11.3. The normalized spacial score (nSPS) is 36.2. The lowest BCUT2D eigenvalue weighted by Crippen LogP contribution is -2.38. The third-order valence-electron chi connectivity index (χ3n) is 3.87. The molecule has 1 fully saturated rings. The monoisotopic (exact) mass is 264 g/mol. The second-order valence-electron chi connectivity index (χ2n) is 5.36. The summed E-state index contributed by atoms with van der Waals surface area (Å²) in [5, 5.41) is 20.4. The van der Waals surface area contributed by atoms with Crippen LogP contribution in [0.2, 0.25) is 0 Å². The van der Waals surface area contributed by atoms with Gasteiger partial charge in [-0.1, -0.05) is 18.2 Å². The van der Waals surface area contributed by atoms with Crippen LogP contribution in [-0.2, 0) is 9.53 Å². The van der Waals surface area contributed by atoms with Gasteiger partial charge in [0.1, 0.15) is 12.2 Å². The van der Waals surface area contributed by atoms with Crippen LogP contribution in [0.4, 0.5) is 0 Å². The highest BCUT2D eigenvalue weighted by molar-refractivity contribution is 5.91. The summed E-state index contributed by atoms with van der Waals surface area (Å²) < 4.78 is 5.23. The minimum Gasteiger partial charge on any atom is -0.454 e. The van der Waals surface area contributed by atoms with Crippen molar-refractivity contribution in [2.75, 3.05) is 0 Å². The SMILES string of the molecule is C=C1C(=O)OC2C=C(C)CCC=C(C)C(O)C(O)C12. The van der Waals surface area contributed by atoms with Crippen molar-refractivity contribution < 1.29 is 19.7 Å². The Kier molecular flexibility index (Phi) is 3.92. The van der Waals surface area contributed by atoms with Crippen LogP contribution >= 0.6 is 0 Å². The standard InChI is InChI=1S/C15H20O4/c1-8-5-4-6-9(2)13(16)14(17)12-10(3)15(18)19-11(12)7-8/h6-7,11-14,16-17H,3-5H2,1-2H3. The smallest absolute Gasteiger partial charge is 0.334 e. The highest BCUT2D eigenvalue weighted by atomic mass is 16.6. The Bertz CT molecular complexity index is 461. The Balaban J connectivity index is 2.39. The molecule has 2 N–H and O–H groups in total. The summed E-state index contributed by atoms with van der Waals surface area (Å²) in [6.45, 7) is 7.44. The molecular formula is C15H20O4. The summed E-state index contributed by atoms with van der Waals surface area (Å²) in [7, 11) is 0. The van der Waals surface area contributed by atoms with E-state index in [4.69, 9.17) is 4.74 Å². The van der Waals surface area contributed by atoms with Crippen LogP contribution in [0, 0.1) is 5.92 Å². The van der Waals surface area contributed by atoms with Crippen molar-refractivity contribution in [1.82, 2.24) is 0 Å². The quantitative estimate of drug-likeness (QED) is 0.395. The fraction of sp³-hybridized carbons (Fsp3) is 0.533. The highest BCUT2D eigenvalue weighted by Gasteiger charge is 2.44. The van der Waals surface area contributed by atoms with E-state index in [1.54, 1.807) is 6.92 Å². The predicted octanol–water partition coefficient (Wildman–Crippen LogP) is 1.49. The number of aliphatic hydroxyl groups excluding tert-OH is 2. The van der Waals surface area contributed by atoms with Crippen molar-refractivity contribution in [3.8, 4) is 0 Å². The van der Waals surface area contributed by atoms with Crippen molar-refractivity contribution in [2.24, 2.45) is 5.92 Å². The number of aliphatic hydroxyl groups is 2. The van der Waals surface area contributed by atoms with Crippen molar-refractivity contribution in [3.05, 3.63) is 35.5 Å². The maximum Gasteiger partial charge on any atom is 0.334 e. The van der Waals surface area contributed by atoms with Gasteiger partial charge >= 0.3 is 5.97 Å². The number of ether oxygens (including phenoxy) is 1. The molecule has 0 amide bonds. The van der Waals surface area contributed by atoms with Crippen LogP contribution in [0.3, 0.4) is 0 Å². The molecule has 2 aliphatic rings. The molecule has 0 aromatic carbocycles. The minimum atomic E-state index is -1.08. The molecule has 104 valence electrons. The summed E-state index contributed by atoms with van der Waals surface area (Å²) in [5.41, 5.74) is 2.05. The first-order valence-corrected chi connectivity index (χ1v) is 6.51. The van der Waals surface area contributed by atoms with Crippen LogP contribution in [-0.4, -0.2) is 34.5 Å². The molecule has 0 radical (unpaired) electrons. The van der Waals surface area contributed by atoms with E-state index in [1.807, 2.05) is 19.1 Å². The molecule has 2 rings (SSSR count). The van der Waals surface area contributed by atoms with Crippen molar-refractivity contribution >= 4 is 5.97 Å². The summed E-state index contributed by atoms with van der Waals surface area (Å²) >= 11 is 0. The molecule has 4 unspecified atom stereocenters. The molecule has 0 aromatic heterocycles. The molecule has 4 atom stereocenters. The van der Waals surface area contributed by atoms with Gasteiger partial charge in [0.2, 0.25) is 0 Å². The summed E-state index contributed by atoms with van der Waals surface area (Å²) in [4.78, 5) is 11.6. The maximum atomic E-state index is 11.6. The molecule has 0 spiro atoms. The Hall–Kier alpha value is -1.39. The van der Waals surface area contributed by atoms with Crippen molar-refractivity contribution in [2.45, 2.75) is 45.0 Å². The summed E-state index contributed by atoms with van der Waals surface area (Å²) in [6, 6.07) is 0. The number of carbonyl (C=O) groups is 1. The maximum absolute atomic E-state index is 11.6. The highest BCUT2D eigenvalue weighted by Crippen LogP contribution is 2.34. The molecule has 19 heavy (non-hydrogen) atoms. The molecule has 1 aliphatic carbocycles. The van der Waals surface area contributed by atoms with E-state index in [0.717, 1.165) is 18.4 Å². The van der Waals surface area contributed by atoms with Gasteiger partial charge in [0.15, 0.2) is 0 Å². The Morgan fingerprint density at radius 2 is 2.05 bits per heavy atom. The van der Waals surface area contributed by atoms with E-state index in [0.29, 0.717) is 5.57 Å². The lowest BCUT2D eigenvalue weighted by Gasteiger charge is -2.27. The van der Waals surface area contributed by atoms with E-state index in [9.17, 15) is 15.0 Å². The largest absolute Gasteiger partial charge is 0.454 e. The zero-order chi connectivity index (χ0) is 14.2. The molecule has 4 heteroatoms. The van der Waals surface area contributed by atoms with E-state index in [1.165, 1.54) is 0 Å². The lowest BCUT2D eigenvalue weighted by atomic mass is 9.84. The van der Waals surface area contributed by atoms with Gasteiger partial charge in [0.05, 0.1) is 12.0 Å². The molecule has 0 saturated carbocycles. The number of allylic oxidation sites excluding steroid dienone is 2. The molecule has 1 aliphatic heterocycles.